The molecule has 2 aliphatic heterocycles. The number of hydrogen-bond donors (Lipinski definition) is 2. The van der Waals surface area contributed by atoms with Gasteiger partial charge in [0.25, 0.3) is 0 Å². The number of ether oxygens (including phenoxy) is 1. The fourth-order valence-corrected chi connectivity index (χ4v) is 3.91. The molecule has 0 aromatic carbocycles. The maximum absolute atomic E-state index is 9.08. The number of likely N-dealkylation sites (tertiary alicyclic amines) is 1. The highest BCUT2D eigenvalue weighted by atomic mass is 16.5. The average Bonchev–Trinajstić information content (AvgIpc) is 2.93. The third kappa shape index (κ3) is 5.20. The van der Waals surface area contributed by atoms with Crippen LogP contribution in [0.25, 0.3) is 0 Å². The monoisotopic (exact) mass is 298 g/mol. The molecule has 0 bridgehead atoms. The molecule has 1 unspecified atom stereocenters. The van der Waals surface area contributed by atoms with Crippen molar-refractivity contribution in [3.8, 4) is 0 Å². The average molecular weight is 298 g/mol. The summed E-state index contributed by atoms with van der Waals surface area (Å²) < 4.78 is 5.61. The van der Waals surface area contributed by atoms with Crippen molar-refractivity contribution in [3.63, 3.8) is 0 Å². The molecule has 0 spiro atoms. The van der Waals surface area contributed by atoms with E-state index >= 15 is 0 Å². The third-order valence-corrected chi connectivity index (χ3v) is 5.21. The summed E-state index contributed by atoms with van der Waals surface area (Å²) in [5.41, 5.74) is 0.398. The van der Waals surface area contributed by atoms with Gasteiger partial charge in [-0.2, -0.15) is 0 Å². The van der Waals surface area contributed by atoms with Gasteiger partial charge in [0, 0.05) is 39.0 Å². The first-order chi connectivity index (χ1) is 10.3. The van der Waals surface area contributed by atoms with Crippen molar-refractivity contribution >= 4 is 0 Å². The number of aliphatic hydroxyl groups is 1. The van der Waals surface area contributed by atoms with Gasteiger partial charge in [0.2, 0.25) is 0 Å². The molecular formula is C17H34N2O2. The molecular weight excluding hydrogens is 264 g/mol. The first-order valence-electron chi connectivity index (χ1n) is 8.93. The SMILES string of the molecule is CCCNCC1(CN2CCCC2CCCO)CCOCC1. The van der Waals surface area contributed by atoms with Crippen LogP contribution in [0.3, 0.4) is 0 Å². The van der Waals surface area contributed by atoms with Crippen LogP contribution < -0.4 is 5.32 Å². The van der Waals surface area contributed by atoms with Gasteiger partial charge in [-0.15, -0.1) is 0 Å². The Labute approximate surface area is 130 Å². The molecule has 2 heterocycles. The van der Waals surface area contributed by atoms with Gasteiger partial charge in [-0.05, 0) is 63.5 Å². The van der Waals surface area contributed by atoms with Gasteiger partial charge in [0.1, 0.15) is 0 Å². The normalized spacial score (nSPS) is 26.3. The van der Waals surface area contributed by atoms with E-state index in [0.717, 1.165) is 39.1 Å². The number of aliphatic hydroxyl groups excluding tert-OH is 1. The van der Waals surface area contributed by atoms with Gasteiger partial charge < -0.3 is 15.2 Å². The standard InChI is InChI=1S/C17H34N2O2/c1-2-9-18-14-17(7-12-21-13-8-17)15-19-10-3-5-16(19)6-4-11-20/h16,18,20H,2-15H2,1H3. The van der Waals surface area contributed by atoms with E-state index in [-0.39, 0.29) is 0 Å². The van der Waals surface area contributed by atoms with Crippen molar-refractivity contribution in [1.29, 1.82) is 0 Å². The van der Waals surface area contributed by atoms with Gasteiger partial charge in [0.15, 0.2) is 0 Å². The molecule has 0 amide bonds. The van der Waals surface area contributed by atoms with Gasteiger partial charge in [-0.25, -0.2) is 0 Å². The summed E-state index contributed by atoms with van der Waals surface area (Å²) in [4.78, 5) is 2.70. The smallest absolute Gasteiger partial charge is 0.0472 e. The molecule has 0 radical (unpaired) electrons. The number of rotatable bonds is 9. The molecule has 2 N–H and O–H groups in total. The molecule has 21 heavy (non-hydrogen) atoms. The Hall–Kier alpha value is -0.160. The molecule has 4 nitrogen and oxygen atoms in total. The Balaban J connectivity index is 1.90. The van der Waals surface area contributed by atoms with Crippen LogP contribution in [0, 0.1) is 5.41 Å². The van der Waals surface area contributed by atoms with Gasteiger partial charge in [0.05, 0.1) is 0 Å². The summed E-state index contributed by atoms with van der Waals surface area (Å²) >= 11 is 0. The molecule has 0 aliphatic carbocycles. The lowest BCUT2D eigenvalue weighted by molar-refractivity contribution is -0.00714. The summed E-state index contributed by atoms with van der Waals surface area (Å²) in [5.74, 6) is 0. The Morgan fingerprint density at radius 3 is 2.86 bits per heavy atom. The van der Waals surface area contributed by atoms with Gasteiger partial charge in [-0.1, -0.05) is 6.92 Å². The van der Waals surface area contributed by atoms with Crippen LogP contribution >= 0.6 is 0 Å². The minimum absolute atomic E-state index is 0.335. The summed E-state index contributed by atoms with van der Waals surface area (Å²) in [6.07, 6.45) is 8.33. The predicted molar refractivity (Wildman–Crippen MR) is 86.6 cm³/mol. The van der Waals surface area contributed by atoms with Gasteiger partial charge in [-0.3, -0.25) is 4.90 Å². The molecule has 2 fully saturated rings. The van der Waals surface area contributed by atoms with E-state index in [0.29, 0.717) is 18.1 Å². The van der Waals surface area contributed by atoms with Crippen LogP contribution in [0.2, 0.25) is 0 Å². The summed E-state index contributed by atoms with van der Waals surface area (Å²) in [7, 11) is 0. The molecule has 124 valence electrons. The Morgan fingerprint density at radius 1 is 1.33 bits per heavy atom. The van der Waals surface area contributed by atoms with Crippen molar-refractivity contribution in [1.82, 2.24) is 10.2 Å². The van der Waals surface area contributed by atoms with E-state index in [9.17, 15) is 0 Å². The topological polar surface area (TPSA) is 44.7 Å². The minimum Gasteiger partial charge on any atom is -0.396 e. The Morgan fingerprint density at radius 2 is 2.14 bits per heavy atom. The van der Waals surface area contributed by atoms with Crippen molar-refractivity contribution in [2.24, 2.45) is 5.41 Å². The zero-order valence-electron chi connectivity index (χ0n) is 13.8. The number of nitrogens with one attached hydrogen (secondary N) is 1. The minimum atomic E-state index is 0.335. The van der Waals surface area contributed by atoms with Crippen LogP contribution in [-0.4, -0.2) is 62.0 Å². The maximum atomic E-state index is 9.08. The molecule has 0 aromatic heterocycles. The highest BCUT2D eigenvalue weighted by molar-refractivity contribution is 4.91. The third-order valence-electron chi connectivity index (χ3n) is 5.21. The van der Waals surface area contributed by atoms with Crippen LogP contribution in [0.4, 0.5) is 0 Å². The van der Waals surface area contributed by atoms with E-state index in [1.54, 1.807) is 0 Å². The van der Waals surface area contributed by atoms with Crippen LogP contribution in [-0.2, 0) is 4.74 Å². The molecule has 2 rings (SSSR count). The van der Waals surface area contributed by atoms with E-state index in [2.05, 4.69) is 17.1 Å². The molecule has 0 saturated carbocycles. The maximum Gasteiger partial charge on any atom is 0.0472 e. The van der Waals surface area contributed by atoms with Gasteiger partial charge >= 0.3 is 0 Å². The van der Waals surface area contributed by atoms with E-state index < -0.39 is 0 Å². The number of hydrogen-bond acceptors (Lipinski definition) is 4. The first-order valence-corrected chi connectivity index (χ1v) is 8.93. The van der Waals surface area contributed by atoms with Crippen LogP contribution in [0.5, 0.6) is 0 Å². The zero-order chi connectivity index (χ0) is 15.0. The van der Waals surface area contributed by atoms with E-state index in [1.165, 1.54) is 45.2 Å². The van der Waals surface area contributed by atoms with Crippen molar-refractivity contribution < 1.29 is 9.84 Å². The molecule has 0 aromatic rings. The Bertz CT molecular complexity index is 280. The lowest BCUT2D eigenvalue weighted by Gasteiger charge is -2.42. The van der Waals surface area contributed by atoms with Crippen LogP contribution in [0.1, 0.15) is 51.9 Å². The second kappa shape index (κ2) is 9.09. The highest BCUT2D eigenvalue weighted by Gasteiger charge is 2.37. The molecule has 2 saturated heterocycles. The largest absolute Gasteiger partial charge is 0.396 e. The molecule has 2 aliphatic rings. The van der Waals surface area contributed by atoms with E-state index in [4.69, 9.17) is 9.84 Å². The van der Waals surface area contributed by atoms with Crippen molar-refractivity contribution in [2.75, 3.05) is 46.0 Å². The second-order valence-electron chi connectivity index (χ2n) is 6.92. The quantitative estimate of drug-likeness (QED) is 0.639. The lowest BCUT2D eigenvalue weighted by atomic mass is 9.79. The lowest BCUT2D eigenvalue weighted by Crippen LogP contribution is -2.48. The van der Waals surface area contributed by atoms with Crippen LogP contribution in [0.15, 0.2) is 0 Å². The zero-order valence-corrected chi connectivity index (χ0v) is 13.8. The van der Waals surface area contributed by atoms with E-state index in [1.807, 2.05) is 0 Å². The summed E-state index contributed by atoms with van der Waals surface area (Å²) in [5, 5.41) is 12.7. The molecule has 4 heteroatoms. The Kier molecular flexibility index (Phi) is 7.44. The predicted octanol–water partition coefficient (Wildman–Crippen LogP) is 2.02. The van der Waals surface area contributed by atoms with Crippen molar-refractivity contribution in [3.05, 3.63) is 0 Å². The highest BCUT2D eigenvalue weighted by Crippen LogP contribution is 2.34. The summed E-state index contributed by atoms with van der Waals surface area (Å²) in [6.45, 7) is 9.11. The fraction of sp³-hybridized carbons (Fsp3) is 1.00. The molecule has 1 atom stereocenters. The summed E-state index contributed by atoms with van der Waals surface area (Å²) in [6, 6.07) is 0.697. The first kappa shape index (κ1) is 17.2. The van der Waals surface area contributed by atoms with Crippen molar-refractivity contribution in [2.45, 2.75) is 57.9 Å². The number of nitrogens with zero attached hydrogens (tertiary/aromatic N) is 1. The fourth-order valence-electron chi connectivity index (χ4n) is 3.91. The second-order valence-corrected chi connectivity index (χ2v) is 6.92.